The van der Waals surface area contributed by atoms with Gasteiger partial charge in [-0.3, -0.25) is 24.2 Å². The molecule has 0 spiro atoms. The maximum Gasteiger partial charge on any atom is 0.277 e. The molecule has 4 heterocycles. The second-order valence-electron chi connectivity index (χ2n) is 10.5. The lowest BCUT2D eigenvalue weighted by molar-refractivity contribution is -0.117. The van der Waals surface area contributed by atoms with E-state index in [1.165, 1.54) is 10.8 Å². The molecule has 0 radical (unpaired) electrons. The van der Waals surface area contributed by atoms with Gasteiger partial charge in [-0.05, 0) is 61.9 Å². The highest BCUT2D eigenvalue weighted by molar-refractivity contribution is 5.94. The summed E-state index contributed by atoms with van der Waals surface area (Å²) in [4.78, 5) is 35.6. The molecule has 12 heteroatoms. The Balaban J connectivity index is 1.42. The Morgan fingerprint density at radius 3 is 2.84 bits per heavy atom. The fourth-order valence-corrected chi connectivity index (χ4v) is 5.17. The molecule has 0 saturated heterocycles. The van der Waals surface area contributed by atoms with E-state index in [2.05, 4.69) is 36.0 Å². The number of carbonyl (C=O) groups excluding carboxylic acids is 1. The van der Waals surface area contributed by atoms with Gasteiger partial charge in [-0.1, -0.05) is 23.4 Å². The number of carbonyl (C=O) groups is 1. The van der Waals surface area contributed by atoms with E-state index in [4.69, 9.17) is 0 Å². The molecule has 11 nitrogen and oxygen atoms in total. The molecule has 1 amide bonds. The van der Waals surface area contributed by atoms with Crippen molar-refractivity contribution in [1.29, 1.82) is 0 Å². The fraction of sp³-hybridized carbons (Fsp3) is 0.226. The molecule has 0 saturated carbocycles. The molecule has 6 rings (SSSR count). The first-order valence-electron chi connectivity index (χ1n) is 13.8. The van der Waals surface area contributed by atoms with Crippen molar-refractivity contribution in [2.75, 3.05) is 12.4 Å². The van der Waals surface area contributed by atoms with Crippen molar-refractivity contribution in [3.8, 4) is 28.3 Å². The Morgan fingerprint density at radius 1 is 1.21 bits per heavy atom. The predicted octanol–water partition coefficient (Wildman–Crippen LogP) is 3.69. The molecular formula is C31H30FN9O2. The molecule has 0 fully saturated rings. The van der Waals surface area contributed by atoms with Crippen molar-refractivity contribution in [1.82, 2.24) is 39.8 Å². The van der Waals surface area contributed by atoms with Crippen LogP contribution in [0.5, 0.6) is 0 Å². The Morgan fingerprint density at radius 2 is 2.05 bits per heavy atom. The zero-order valence-corrected chi connectivity index (χ0v) is 23.9. The van der Waals surface area contributed by atoms with E-state index in [0.717, 1.165) is 33.6 Å². The van der Waals surface area contributed by atoms with Crippen molar-refractivity contribution < 1.29 is 9.18 Å². The molecule has 0 bridgehead atoms. The SMILES string of the molecule is CN[C@@H](C)C(=O)Nc1cnc(-c2cccc(-c3c[nH]nn3)c2)n(Cc2cncc(-n3cc(C)c4c3C=CC(F)C4)c2)c1=O. The number of likely N-dealkylation sites (N-methyl/N-ethyl adjacent to an activating group) is 1. The van der Waals surface area contributed by atoms with Gasteiger partial charge in [-0.25, -0.2) is 9.37 Å². The zero-order valence-electron chi connectivity index (χ0n) is 23.9. The van der Waals surface area contributed by atoms with E-state index in [1.807, 2.05) is 48.0 Å². The van der Waals surface area contributed by atoms with Gasteiger partial charge in [0.15, 0.2) is 0 Å². The number of rotatable bonds is 8. The van der Waals surface area contributed by atoms with Crippen molar-refractivity contribution in [2.45, 2.75) is 39.0 Å². The number of halogens is 1. The van der Waals surface area contributed by atoms with Crippen LogP contribution in [0.1, 0.15) is 29.3 Å². The van der Waals surface area contributed by atoms with Gasteiger partial charge in [-0.15, -0.1) is 5.10 Å². The van der Waals surface area contributed by atoms with Gasteiger partial charge in [0.2, 0.25) is 5.91 Å². The summed E-state index contributed by atoms with van der Waals surface area (Å²) in [5.41, 5.74) is 6.19. The molecule has 4 aromatic heterocycles. The first kappa shape index (κ1) is 27.9. The average Bonchev–Trinajstić information content (AvgIpc) is 3.67. The molecule has 2 atom stereocenters. The number of amides is 1. The Kier molecular flexibility index (Phi) is 7.51. The van der Waals surface area contributed by atoms with Gasteiger partial charge in [0.05, 0.1) is 30.7 Å². The van der Waals surface area contributed by atoms with Crippen molar-refractivity contribution in [3.05, 3.63) is 100 Å². The number of fused-ring (bicyclic) bond motifs is 1. The number of hydrogen-bond donors (Lipinski definition) is 3. The van der Waals surface area contributed by atoms with Gasteiger partial charge >= 0.3 is 0 Å². The summed E-state index contributed by atoms with van der Waals surface area (Å²) in [6.45, 7) is 3.80. The van der Waals surface area contributed by atoms with Gasteiger partial charge in [0.25, 0.3) is 5.56 Å². The van der Waals surface area contributed by atoms with Crippen LogP contribution in [-0.4, -0.2) is 59.7 Å². The van der Waals surface area contributed by atoms with Crippen molar-refractivity contribution >= 4 is 17.7 Å². The minimum atomic E-state index is -1.00. The molecule has 1 aliphatic carbocycles. The average molecular weight is 580 g/mol. The highest BCUT2D eigenvalue weighted by Gasteiger charge is 2.21. The van der Waals surface area contributed by atoms with E-state index in [9.17, 15) is 14.0 Å². The topological polar surface area (TPSA) is 135 Å². The number of alkyl halides is 1. The minimum Gasteiger partial charge on any atom is -0.319 e. The summed E-state index contributed by atoms with van der Waals surface area (Å²) < 4.78 is 17.6. The number of aromatic amines is 1. The maximum absolute atomic E-state index is 14.1. The van der Waals surface area contributed by atoms with Crippen LogP contribution in [0.2, 0.25) is 0 Å². The summed E-state index contributed by atoms with van der Waals surface area (Å²) in [5.74, 6) is 0.0558. The lowest BCUT2D eigenvalue weighted by Gasteiger charge is -2.17. The lowest BCUT2D eigenvalue weighted by atomic mass is 10.00. The van der Waals surface area contributed by atoms with Crippen LogP contribution in [0.25, 0.3) is 34.4 Å². The number of nitrogens with zero attached hydrogens (tertiary/aromatic N) is 6. The number of allylic oxidation sites excluding steroid dienone is 1. The zero-order chi connectivity index (χ0) is 30.1. The number of anilines is 1. The number of aromatic nitrogens is 7. The Bertz CT molecular complexity index is 1890. The molecule has 1 aliphatic rings. The molecule has 43 heavy (non-hydrogen) atoms. The number of H-pyrrole nitrogens is 1. The van der Waals surface area contributed by atoms with Gasteiger partial charge in [-0.2, -0.15) is 0 Å². The number of nitrogens with one attached hydrogen (secondary N) is 3. The Hall–Kier alpha value is -5.23. The number of pyridine rings is 1. The van der Waals surface area contributed by atoms with Crippen molar-refractivity contribution in [2.24, 2.45) is 0 Å². The molecule has 1 unspecified atom stereocenters. The first-order valence-corrected chi connectivity index (χ1v) is 13.8. The van der Waals surface area contributed by atoms with Crippen LogP contribution in [0, 0.1) is 6.92 Å². The summed E-state index contributed by atoms with van der Waals surface area (Å²) in [5, 5.41) is 16.2. The first-order chi connectivity index (χ1) is 20.8. The van der Waals surface area contributed by atoms with Crippen LogP contribution in [0.15, 0.2) is 72.2 Å². The highest BCUT2D eigenvalue weighted by atomic mass is 19.1. The van der Waals surface area contributed by atoms with Crippen LogP contribution in [0.3, 0.4) is 0 Å². The quantitative estimate of drug-likeness (QED) is 0.255. The van der Waals surface area contributed by atoms with Crippen LogP contribution < -0.4 is 16.2 Å². The standard InChI is InChI=1S/C31H30FN9O2/c1-18-16-40(28-8-7-23(32)11-25(18)28)24-9-20(12-34-13-24)17-41-29(22-6-4-5-21(10-22)26-15-36-39-38-26)35-14-27(31(41)43)37-30(42)19(2)33-3/h4-10,12-16,19,23,33H,11,17H2,1-3H3,(H,37,42)(H,36,38,39)/t19-,23?/m0/s1. The minimum absolute atomic E-state index is 0.0636. The maximum atomic E-state index is 14.1. The summed E-state index contributed by atoms with van der Waals surface area (Å²) in [6, 6.07) is 8.92. The molecule has 0 aliphatic heterocycles. The van der Waals surface area contributed by atoms with E-state index in [1.54, 1.807) is 44.7 Å². The lowest BCUT2D eigenvalue weighted by Crippen LogP contribution is -2.38. The smallest absolute Gasteiger partial charge is 0.277 e. The van der Waals surface area contributed by atoms with Gasteiger partial charge in [0, 0.05) is 41.8 Å². The third kappa shape index (κ3) is 5.52. The van der Waals surface area contributed by atoms with Gasteiger partial charge < -0.3 is 15.2 Å². The van der Waals surface area contributed by atoms with E-state index in [0.29, 0.717) is 23.5 Å². The normalized spacial score (nSPS) is 14.8. The van der Waals surface area contributed by atoms with Crippen molar-refractivity contribution in [3.63, 3.8) is 0 Å². The number of hydrogen-bond acceptors (Lipinski definition) is 7. The monoisotopic (exact) mass is 579 g/mol. The van der Waals surface area contributed by atoms with E-state index in [-0.39, 0.29) is 18.1 Å². The van der Waals surface area contributed by atoms with Crippen LogP contribution >= 0.6 is 0 Å². The fourth-order valence-electron chi connectivity index (χ4n) is 5.17. The van der Waals surface area contributed by atoms with E-state index >= 15 is 0 Å². The second kappa shape index (κ2) is 11.6. The summed E-state index contributed by atoms with van der Waals surface area (Å²) >= 11 is 0. The molecular weight excluding hydrogens is 549 g/mol. The largest absolute Gasteiger partial charge is 0.319 e. The summed E-state index contributed by atoms with van der Waals surface area (Å²) in [7, 11) is 1.67. The number of aryl methyl sites for hydroxylation is 1. The van der Waals surface area contributed by atoms with E-state index < -0.39 is 17.8 Å². The molecule has 3 N–H and O–H groups in total. The highest BCUT2D eigenvalue weighted by Crippen LogP contribution is 2.29. The van der Waals surface area contributed by atoms with Crippen LogP contribution in [-0.2, 0) is 17.8 Å². The van der Waals surface area contributed by atoms with Crippen LogP contribution in [0.4, 0.5) is 10.1 Å². The third-order valence-corrected chi connectivity index (χ3v) is 7.59. The number of benzene rings is 1. The molecule has 1 aromatic carbocycles. The second-order valence-corrected chi connectivity index (χ2v) is 10.5. The molecule has 218 valence electrons. The molecule has 5 aromatic rings. The predicted molar refractivity (Wildman–Crippen MR) is 161 cm³/mol. The third-order valence-electron chi connectivity index (χ3n) is 7.59. The summed E-state index contributed by atoms with van der Waals surface area (Å²) in [6.07, 6.45) is 11.2. The van der Waals surface area contributed by atoms with Gasteiger partial charge in [0.1, 0.15) is 23.4 Å². The Labute approximate surface area is 246 Å².